The summed E-state index contributed by atoms with van der Waals surface area (Å²) in [5.41, 5.74) is 1.76. The number of carbonyl (C=O) groups excluding carboxylic acids is 2. The largest absolute Gasteiger partial charge is 0.496 e. The van der Waals surface area contributed by atoms with Crippen LogP contribution >= 0.6 is 0 Å². The molecule has 1 aliphatic carbocycles. The number of methoxy groups -OCH3 is 1. The van der Waals surface area contributed by atoms with Crippen molar-refractivity contribution in [2.75, 3.05) is 12.4 Å². The van der Waals surface area contributed by atoms with E-state index in [0.717, 1.165) is 22.6 Å². The van der Waals surface area contributed by atoms with Gasteiger partial charge < -0.3 is 15.4 Å². The molecule has 3 rings (SSSR count). The van der Waals surface area contributed by atoms with Crippen molar-refractivity contribution in [1.29, 1.82) is 0 Å². The first-order chi connectivity index (χ1) is 13.0. The lowest BCUT2D eigenvalue weighted by Gasteiger charge is -2.18. The monoisotopic (exact) mass is 366 g/mol. The molecule has 0 radical (unpaired) electrons. The highest BCUT2D eigenvalue weighted by Crippen LogP contribution is 2.47. The van der Waals surface area contributed by atoms with Gasteiger partial charge in [0.1, 0.15) is 11.2 Å². The SMILES string of the molecule is COc1ccccc1CNC(=O)C1(C(=O)Nc2ccccc2C(C)C)CC1. The molecule has 0 aliphatic heterocycles. The molecule has 142 valence electrons. The van der Waals surface area contributed by atoms with Gasteiger partial charge in [-0.15, -0.1) is 0 Å². The lowest BCUT2D eigenvalue weighted by atomic mass is 9.99. The lowest BCUT2D eigenvalue weighted by molar-refractivity contribution is -0.134. The summed E-state index contributed by atoms with van der Waals surface area (Å²) >= 11 is 0. The van der Waals surface area contributed by atoms with Crippen LogP contribution in [0.1, 0.15) is 43.7 Å². The second-order valence-electron chi connectivity index (χ2n) is 7.27. The number of nitrogens with one attached hydrogen (secondary N) is 2. The Bertz CT molecular complexity index is 841. The van der Waals surface area contributed by atoms with Crippen LogP contribution in [0.2, 0.25) is 0 Å². The number of para-hydroxylation sites is 2. The first-order valence-electron chi connectivity index (χ1n) is 9.28. The predicted octanol–water partition coefficient (Wildman–Crippen LogP) is 3.85. The van der Waals surface area contributed by atoms with Gasteiger partial charge in [-0.05, 0) is 36.5 Å². The summed E-state index contributed by atoms with van der Waals surface area (Å²) in [7, 11) is 1.60. The van der Waals surface area contributed by atoms with Crippen LogP contribution in [0, 0.1) is 5.41 Å². The van der Waals surface area contributed by atoms with Crippen molar-refractivity contribution in [3.05, 3.63) is 59.7 Å². The number of anilines is 1. The van der Waals surface area contributed by atoms with Crippen LogP contribution in [0.5, 0.6) is 5.75 Å². The minimum absolute atomic E-state index is 0.229. The molecule has 0 aromatic heterocycles. The molecule has 5 heteroatoms. The van der Waals surface area contributed by atoms with E-state index in [9.17, 15) is 9.59 Å². The van der Waals surface area contributed by atoms with E-state index in [-0.39, 0.29) is 17.7 Å². The second kappa shape index (κ2) is 7.82. The van der Waals surface area contributed by atoms with E-state index in [0.29, 0.717) is 19.4 Å². The van der Waals surface area contributed by atoms with Gasteiger partial charge in [-0.1, -0.05) is 50.2 Å². The zero-order valence-electron chi connectivity index (χ0n) is 16.0. The van der Waals surface area contributed by atoms with Crippen molar-refractivity contribution < 1.29 is 14.3 Å². The third kappa shape index (κ3) is 3.97. The van der Waals surface area contributed by atoms with E-state index in [4.69, 9.17) is 4.74 Å². The summed E-state index contributed by atoms with van der Waals surface area (Å²) in [4.78, 5) is 25.6. The molecule has 0 spiro atoms. The minimum atomic E-state index is -0.966. The number of amides is 2. The number of carbonyl (C=O) groups is 2. The highest BCUT2D eigenvalue weighted by atomic mass is 16.5. The molecular weight excluding hydrogens is 340 g/mol. The van der Waals surface area contributed by atoms with Gasteiger partial charge in [0.15, 0.2) is 0 Å². The summed E-state index contributed by atoms with van der Waals surface area (Å²) in [6, 6.07) is 15.3. The van der Waals surface area contributed by atoms with Crippen molar-refractivity contribution in [1.82, 2.24) is 5.32 Å². The average Bonchev–Trinajstić information content (AvgIpc) is 3.48. The molecule has 0 heterocycles. The van der Waals surface area contributed by atoms with Crippen LogP contribution in [-0.2, 0) is 16.1 Å². The Kier molecular flexibility index (Phi) is 5.49. The van der Waals surface area contributed by atoms with Crippen LogP contribution in [0.15, 0.2) is 48.5 Å². The molecule has 27 heavy (non-hydrogen) atoms. The van der Waals surface area contributed by atoms with Crippen molar-refractivity contribution in [3.63, 3.8) is 0 Å². The van der Waals surface area contributed by atoms with Gasteiger partial charge in [0.05, 0.1) is 7.11 Å². The molecule has 0 saturated heterocycles. The first kappa shape index (κ1) is 19.0. The van der Waals surface area contributed by atoms with Crippen molar-refractivity contribution >= 4 is 17.5 Å². The van der Waals surface area contributed by atoms with Gasteiger partial charge in [-0.3, -0.25) is 9.59 Å². The van der Waals surface area contributed by atoms with Crippen LogP contribution in [0.25, 0.3) is 0 Å². The maximum Gasteiger partial charge on any atom is 0.240 e. The zero-order chi connectivity index (χ0) is 19.4. The molecule has 2 aromatic rings. The van der Waals surface area contributed by atoms with Crippen LogP contribution < -0.4 is 15.4 Å². The summed E-state index contributed by atoms with van der Waals surface area (Å²) in [5.74, 6) is 0.551. The van der Waals surface area contributed by atoms with Gasteiger partial charge in [0.25, 0.3) is 0 Å². The quantitative estimate of drug-likeness (QED) is 0.732. The number of benzene rings is 2. The number of hydrogen-bond acceptors (Lipinski definition) is 3. The van der Waals surface area contributed by atoms with Gasteiger partial charge in [-0.25, -0.2) is 0 Å². The molecule has 2 amide bonds. The number of rotatable bonds is 7. The van der Waals surface area contributed by atoms with E-state index >= 15 is 0 Å². The minimum Gasteiger partial charge on any atom is -0.496 e. The fraction of sp³-hybridized carbons (Fsp3) is 0.364. The van der Waals surface area contributed by atoms with Crippen LogP contribution in [0.4, 0.5) is 5.69 Å². The Labute approximate surface area is 160 Å². The Morgan fingerprint density at radius 3 is 2.37 bits per heavy atom. The van der Waals surface area contributed by atoms with E-state index < -0.39 is 5.41 Å². The van der Waals surface area contributed by atoms with E-state index in [2.05, 4.69) is 24.5 Å². The van der Waals surface area contributed by atoms with Gasteiger partial charge in [-0.2, -0.15) is 0 Å². The Morgan fingerprint density at radius 1 is 1.04 bits per heavy atom. The van der Waals surface area contributed by atoms with Gasteiger partial charge in [0, 0.05) is 17.8 Å². The summed E-state index contributed by atoms with van der Waals surface area (Å²) in [6.07, 6.45) is 1.14. The summed E-state index contributed by atoms with van der Waals surface area (Å²) in [6.45, 7) is 4.50. The fourth-order valence-electron chi connectivity index (χ4n) is 3.23. The summed E-state index contributed by atoms with van der Waals surface area (Å²) in [5, 5.41) is 5.87. The normalized spacial score (nSPS) is 14.5. The maximum atomic E-state index is 12.9. The zero-order valence-corrected chi connectivity index (χ0v) is 16.0. The fourth-order valence-corrected chi connectivity index (χ4v) is 3.23. The predicted molar refractivity (Wildman–Crippen MR) is 106 cm³/mol. The first-order valence-corrected chi connectivity index (χ1v) is 9.28. The van der Waals surface area contributed by atoms with Crippen molar-refractivity contribution in [2.24, 2.45) is 5.41 Å². The van der Waals surface area contributed by atoms with E-state index in [1.807, 2.05) is 48.5 Å². The van der Waals surface area contributed by atoms with E-state index in [1.165, 1.54) is 0 Å². The summed E-state index contributed by atoms with van der Waals surface area (Å²) < 4.78 is 5.31. The third-order valence-corrected chi connectivity index (χ3v) is 5.08. The van der Waals surface area contributed by atoms with Crippen LogP contribution in [-0.4, -0.2) is 18.9 Å². The molecule has 0 atom stereocenters. The van der Waals surface area contributed by atoms with E-state index in [1.54, 1.807) is 7.11 Å². The molecule has 2 aromatic carbocycles. The van der Waals surface area contributed by atoms with Crippen molar-refractivity contribution in [3.8, 4) is 5.75 Å². The Morgan fingerprint density at radius 2 is 1.70 bits per heavy atom. The van der Waals surface area contributed by atoms with Crippen LogP contribution in [0.3, 0.4) is 0 Å². The molecule has 1 saturated carbocycles. The number of ether oxygens (including phenoxy) is 1. The van der Waals surface area contributed by atoms with Gasteiger partial charge in [0.2, 0.25) is 11.8 Å². The smallest absolute Gasteiger partial charge is 0.240 e. The average molecular weight is 366 g/mol. The van der Waals surface area contributed by atoms with Gasteiger partial charge >= 0.3 is 0 Å². The lowest BCUT2D eigenvalue weighted by Crippen LogP contribution is -2.39. The van der Waals surface area contributed by atoms with Crippen molar-refractivity contribution in [2.45, 2.75) is 39.2 Å². The molecule has 1 fully saturated rings. The molecule has 2 N–H and O–H groups in total. The molecule has 1 aliphatic rings. The maximum absolute atomic E-state index is 12.9. The highest BCUT2D eigenvalue weighted by molar-refractivity contribution is 6.13. The molecule has 0 bridgehead atoms. The third-order valence-electron chi connectivity index (χ3n) is 5.08. The number of hydrogen-bond donors (Lipinski definition) is 2. The Balaban J connectivity index is 1.67. The standard InChI is InChI=1S/C22H26N2O3/c1-15(2)17-9-5-6-10-18(17)24-21(26)22(12-13-22)20(25)23-14-16-8-4-7-11-19(16)27-3/h4-11,15H,12-14H2,1-3H3,(H,23,25)(H,24,26). The molecular formula is C22H26N2O3. The topological polar surface area (TPSA) is 67.4 Å². The highest BCUT2D eigenvalue weighted by Gasteiger charge is 2.56. The second-order valence-corrected chi connectivity index (χ2v) is 7.27. The molecule has 0 unspecified atom stereocenters. The Hall–Kier alpha value is -2.82. The molecule has 5 nitrogen and oxygen atoms in total.